The molecule has 0 atom stereocenters. The average Bonchev–Trinajstić information content (AvgIpc) is 3.36. The highest BCUT2D eigenvalue weighted by Crippen LogP contribution is 2.35. The number of carboxylic acid groups (broad SMARTS) is 1. The van der Waals surface area contributed by atoms with Gasteiger partial charge in [-0.3, -0.25) is 14.5 Å². The molecule has 2 aromatic rings. The molecule has 192 valence electrons. The Morgan fingerprint density at radius 2 is 1.94 bits per heavy atom. The summed E-state index contributed by atoms with van der Waals surface area (Å²) in [4.78, 5) is 38.5. The highest BCUT2D eigenvalue weighted by Gasteiger charge is 2.31. The van der Waals surface area contributed by atoms with Gasteiger partial charge in [-0.1, -0.05) is 48.6 Å². The van der Waals surface area contributed by atoms with Gasteiger partial charge < -0.3 is 15.2 Å². The first kappa shape index (κ1) is 27.9. The van der Waals surface area contributed by atoms with Crippen molar-refractivity contribution in [2.75, 3.05) is 6.54 Å². The number of carbonyl (C=O) groups excluding carboxylic acids is 2. The Kier molecular flexibility index (Phi) is 9.69. The number of thiocarbonyl (C=S) groups is 1. The van der Waals surface area contributed by atoms with Gasteiger partial charge >= 0.3 is 12.1 Å². The van der Waals surface area contributed by atoms with Gasteiger partial charge in [0.05, 0.1) is 4.91 Å². The van der Waals surface area contributed by atoms with Gasteiger partial charge in [-0.05, 0) is 73.9 Å². The van der Waals surface area contributed by atoms with Crippen molar-refractivity contribution in [1.82, 2.24) is 10.2 Å². The number of thioether (sulfide) groups is 1. The molecule has 0 aliphatic carbocycles. The molecule has 0 spiro atoms. The summed E-state index contributed by atoms with van der Waals surface area (Å²) >= 11 is 8.24. The van der Waals surface area contributed by atoms with Crippen molar-refractivity contribution in [3.63, 3.8) is 0 Å². The van der Waals surface area contributed by atoms with E-state index in [1.165, 1.54) is 11.8 Å². The van der Waals surface area contributed by atoms with Crippen LogP contribution in [0.3, 0.4) is 0 Å². The minimum atomic E-state index is -0.803. The zero-order valence-corrected chi connectivity index (χ0v) is 23.0. The maximum atomic E-state index is 12.8. The standard InChI is InChI=1S/C26H30N2O5S3/c1-26(2,3)33-24(32)27-15-17-8-7-9-18(12-17)19-13-20(35-16-19)14-21-23(31)28(25(34)36-21)11-6-4-5-10-22(29)30/h7-9,12-14,16H,4-6,10-11,15H2,1-3H3,(H,27,32)(H,29,30)/b21-14-. The molecule has 1 fully saturated rings. The number of ether oxygens (including phenoxy) is 1. The van der Waals surface area contributed by atoms with E-state index in [2.05, 4.69) is 5.32 Å². The Balaban J connectivity index is 1.60. The first-order valence-electron chi connectivity index (χ1n) is 11.6. The van der Waals surface area contributed by atoms with Gasteiger partial charge in [0.2, 0.25) is 0 Å². The molecule has 1 saturated heterocycles. The molecule has 0 unspecified atom stereocenters. The van der Waals surface area contributed by atoms with Crippen LogP contribution in [0.2, 0.25) is 0 Å². The van der Waals surface area contributed by atoms with Crippen LogP contribution in [-0.4, -0.2) is 44.4 Å². The summed E-state index contributed by atoms with van der Waals surface area (Å²) in [7, 11) is 0. The largest absolute Gasteiger partial charge is 0.481 e. The lowest BCUT2D eigenvalue weighted by atomic mass is 10.1. The van der Waals surface area contributed by atoms with Gasteiger partial charge in [-0.15, -0.1) is 11.3 Å². The Labute approximate surface area is 224 Å². The van der Waals surface area contributed by atoms with Crippen LogP contribution in [-0.2, 0) is 20.9 Å². The lowest BCUT2D eigenvalue weighted by molar-refractivity contribution is -0.137. The number of hydrogen-bond donors (Lipinski definition) is 2. The van der Waals surface area contributed by atoms with E-state index in [0.29, 0.717) is 28.7 Å². The number of nitrogens with one attached hydrogen (secondary N) is 1. The van der Waals surface area contributed by atoms with Crippen LogP contribution in [0, 0.1) is 0 Å². The number of carboxylic acids is 1. The Morgan fingerprint density at radius 1 is 1.17 bits per heavy atom. The number of benzene rings is 1. The van der Waals surface area contributed by atoms with Crippen molar-refractivity contribution in [1.29, 1.82) is 0 Å². The third-order valence-electron chi connectivity index (χ3n) is 5.14. The lowest BCUT2D eigenvalue weighted by Gasteiger charge is -2.19. The summed E-state index contributed by atoms with van der Waals surface area (Å²) in [6.45, 7) is 6.33. The van der Waals surface area contributed by atoms with Crippen LogP contribution in [0.4, 0.5) is 4.79 Å². The minimum absolute atomic E-state index is 0.103. The fourth-order valence-electron chi connectivity index (χ4n) is 3.47. The number of aliphatic carboxylic acids is 1. The molecule has 1 aromatic carbocycles. The van der Waals surface area contributed by atoms with E-state index in [1.807, 2.05) is 62.6 Å². The number of nitrogens with zero attached hydrogens (tertiary/aromatic N) is 1. The second kappa shape index (κ2) is 12.5. The molecule has 36 heavy (non-hydrogen) atoms. The van der Waals surface area contributed by atoms with Gasteiger partial charge in [-0.2, -0.15) is 0 Å². The summed E-state index contributed by atoms with van der Waals surface area (Å²) < 4.78 is 5.82. The van der Waals surface area contributed by atoms with Crippen LogP contribution >= 0.6 is 35.3 Å². The van der Waals surface area contributed by atoms with Crippen LogP contribution < -0.4 is 5.32 Å². The number of alkyl carbamates (subject to hydrolysis) is 1. The molecule has 7 nitrogen and oxygen atoms in total. The summed E-state index contributed by atoms with van der Waals surface area (Å²) in [6.07, 6.45) is 3.60. The van der Waals surface area contributed by atoms with Gasteiger partial charge in [0.25, 0.3) is 5.91 Å². The van der Waals surface area contributed by atoms with Gasteiger partial charge in [0.15, 0.2) is 0 Å². The second-order valence-corrected chi connectivity index (χ2v) is 11.9. The van der Waals surface area contributed by atoms with Crippen molar-refractivity contribution < 1.29 is 24.2 Å². The Morgan fingerprint density at radius 3 is 2.67 bits per heavy atom. The van der Waals surface area contributed by atoms with Crippen LogP contribution in [0.5, 0.6) is 0 Å². The van der Waals surface area contributed by atoms with E-state index in [0.717, 1.165) is 34.4 Å². The smallest absolute Gasteiger partial charge is 0.407 e. The maximum Gasteiger partial charge on any atom is 0.407 e. The number of thiophene rings is 1. The molecule has 10 heteroatoms. The first-order valence-corrected chi connectivity index (χ1v) is 13.7. The van der Waals surface area contributed by atoms with Crippen LogP contribution in [0.25, 0.3) is 17.2 Å². The summed E-state index contributed by atoms with van der Waals surface area (Å²) in [5.74, 6) is -0.906. The molecule has 2 N–H and O–H groups in total. The lowest BCUT2D eigenvalue weighted by Crippen LogP contribution is -2.32. The molecule has 0 radical (unpaired) electrons. The van der Waals surface area contributed by atoms with Crippen LogP contribution in [0.1, 0.15) is 56.9 Å². The van der Waals surface area contributed by atoms with Gasteiger partial charge in [-0.25, -0.2) is 4.79 Å². The molecule has 3 rings (SSSR count). The molecule has 1 aliphatic heterocycles. The van der Waals surface area contributed by atoms with E-state index < -0.39 is 17.7 Å². The van der Waals surface area contributed by atoms with E-state index in [-0.39, 0.29) is 12.3 Å². The SMILES string of the molecule is CC(C)(C)OC(=O)NCc1cccc(-c2csc(/C=C3\SC(=S)N(CCCCCC(=O)O)C3=O)c2)c1. The highest BCUT2D eigenvalue weighted by atomic mass is 32.2. The van der Waals surface area contributed by atoms with Crippen molar-refractivity contribution in [2.45, 2.75) is 58.6 Å². The first-order chi connectivity index (χ1) is 17.0. The summed E-state index contributed by atoms with van der Waals surface area (Å²) in [6, 6.07) is 9.95. The number of carbonyl (C=O) groups is 3. The number of amides is 2. The van der Waals surface area contributed by atoms with Crippen molar-refractivity contribution in [3.8, 4) is 11.1 Å². The molecular weight excluding hydrogens is 516 g/mol. The average molecular weight is 547 g/mol. The van der Waals surface area contributed by atoms with Crippen molar-refractivity contribution in [2.24, 2.45) is 0 Å². The maximum absolute atomic E-state index is 12.8. The molecular formula is C26H30N2O5S3. The van der Waals surface area contributed by atoms with Gasteiger partial charge in [0.1, 0.15) is 9.92 Å². The zero-order valence-electron chi connectivity index (χ0n) is 20.5. The normalized spacial score (nSPS) is 15.0. The fourth-order valence-corrected chi connectivity index (χ4v) is 5.70. The molecule has 0 bridgehead atoms. The number of rotatable bonds is 10. The number of unbranched alkanes of at least 4 members (excludes halogenated alkanes) is 2. The van der Waals surface area contributed by atoms with Crippen molar-refractivity contribution in [3.05, 3.63) is 51.1 Å². The fraction of sp³-hybridized carbons (Fsp3) is 0.385. The highest BCUT2D eigenvalue weighted by molar-refractivity contribution is 8.26. The molecule has 0 saturated carbocycles. The third-order valence-corrected chi connectivity index (χ3v) is 7.39. The Bertz CT molecular complexity index is 1170. The van der Waals surface area contributed by atoms with Crippen LogP contribution in [0.15, 0.2) is 40.6 Å². The molecule has 2 amide bonds. The number of hydrogen-bond acceptors (Lipinski definition) is 7. The molecule has 1 aromatic heterocycles. The molecule has 2 heterocycles. The second-order valence-electron chi connectivity index (χ2n) is 9.33. The monoisotopic (exact) mass is 546 g/mol. The summed E-state index contributed by atoms with van der Waals surface area (Å²) in [5.41, 5.74) is 2.45. The third kappa shape index (κ3) is 8.46. The predicted molar refractivity (Wildman–Crippen MR) is 149 cm³/mol. The van der Waals surface area contributed by atoms with E-state index in [4.69, 9.17) is 22.1 Å². The Hall–Kier alpha value is -2.69. The van der Waals surface area contributed by atoms with E-state index in [1.54, 1.807) is 16.2 Å². The minimum Gasteiger partial charge on any atom is -0.481 e. The quantitative estimate of drug-likeness (QED) is 0.205. The predicted octanol–water partition coefficient (Wildman–Crippen LogP) is 6.29. The summed E-state index contributed by atoms with van der Waals surface area (Å²) in [5, 5.41) is 13.5. The zero-order chi connectivity index (χ0) is 26.3. The van der Waals surface area contributed by atoms with E-state index in [9.17, 15) is 14.4 Å². The van der Waals surface area contributed by atoms with E-state index >= 15 is 0 Å². The van der Waals surface area contributed by atoms with Crippen molar-refractivity contribution >= 4 is 63.7 Å². The molecule has 1 aliphatic rings. The van der Waals surface area contributed by atoms with Gasteiger partial charge in [0, 0.05) is 24.4 Å². The topological polar surface area (TPSA) is 95.9 Å².